The summed E-state index contributed by atoms with van der Waals surface area (Å²) in [6, 6.07) is 5.80. The molecule has 1 aliphatic carbocycles. The zero-order valence-corrected chi connectivity index (χ0v) is 7.67. The summed E-state index contributed by atoms with van der Waals surface area (Å²) in [6.45, 7) is 2.26. The van der Waals surface area contributed by atoms with Gasteiger partial charge in [-0.15, -0.1) is 0 Å². The molecule has 1 aromatic carbocycles. The summed E-state index contributed by atoms with van der Waals surface area (Å²) < 4.78 is 4.91. The average Bonchev–Trinajstić information content (AvgIpc) is 2.07. The van der Waals surface area contributed by atoms with Crippen molar-refractivity contribution in [3.8, 4) is 0 Å². The lowest BCUT2D eigenvalue weighted by molar-refractivity contribution is 0.0526. The molecule has 1 aromatic rings. The summed E-state index contributed by atoms with van der Waals surface area (Å²) in [7, 11) is 0. The number of ether oxygens (including phenoxy) is 1. The zero-order chi connectivity index (χ0) is 9.26. The van der Waals surface area contributed by atoms with Gasteiger partial charge in [0.2, 0.25) is 0 Å². The molecular formula is C11H12O2. The minimum Gasteiger partial charge on any atom is -0.462 e. The molecule has 0 fully saturated rings. The van der Waals surface area contributed by atoms with Gasteiger partial charge in [-0.25, -0.2) is 4.79 Å². The van der Waals surface area contributed by atoms with Gasteiger partial charge in [0.05, 0.1) is 12.2 Å². The van der Waals surface area contributed by atoms with Gasteiger partial charge in [-0.2, -0.15) is 0 Å². The number of esters is 1. The fraction of sp³-hybridized carbons (Fsp3) is 0.364. The van der Waals surface area contributed by atoms with Crippen LogP contribution in [-0.2, 0) is 17.6 Å². The summed E-state index contributed by atoms with van der Waals surface area (Å²) >= 11 is 0. The highest BCUT2D eigenvalue weighted by Crippen LogP contribution is 2.23. The van der Waals surface area contributed by atoms with Crippen molar-refractivity contribution in [2.75, 3.05) is 6.61 Å². The molecular weight excluding hydrogens is 164 g/mol. The molecule has 0 unspecified atom stereocenters. The van der Waals surface area contributed by atoms with E-state index in [1.807, 2.05) is 25.1 Å². The van der Waals surface area contributed by atoms with Crippen molar-refractivity contribution in [1.29, 1.82) is 0 Å². The lowest BCUT2D eigenvalue weighted by Crippen LogP contribution is -2.11. The number of benzene rings is 1. The van der Waals surface area contributed by atoms with Gasteiger partial charge in [-0.05, 0) is 43.0 Å². The molecule has 13 heavy (non-hydrogen) atoms. The maximum atomic E-state index is 11.3. The number of carbonyl (C=O) groups excluding carboxylic acids is 1. The van der Waals surface area contributed by atoms with Crippen LogP contribution in [0.15, 0.2) is 18.2 Å². The highest BCUT2D eigenvalue weighted by Gasteiger charge is 2.15. The normalized spacial score (nSPS) is 13.0. The van der Waals surface area contributed by atoms with Crippen LogP contribution >= 0.6 is 0 Å². The van der Waals surface area contributed by atoms with Crippen LogP contribution in [0.25, 0.3) is 0 Å². The van der Waals surface area contributed by atoms with Crippen LogP contribution in [0.2, 0.25) is 0 Å². The van der Waals surface area contributed by atoms with E-state index in [2.05, 4.69) is 0 Å². The largest absolute Gasteiger partial charge is 0.462 e. The Labute approximate surface area is 77.5 Å². The Bertz CT molecular complexity index is 342. The first-order valence-corrected chi connectivity index (χ1v) is 4.60. The monoisotopic (exact) mass is 176 g/mol. The van der Waals surface area contributed by atoms with Crippen molar-refractivity contribution >= 4 is 5.97 Å². The number of carbonyl (C=O) groups is 1. The van der Waals surface area contributed by atoms with Crippen LogP contribution in [0.5, 0.6) is 0 Å². The molecule has 0 N–H and O–H groups in total. The lowest BCUT2D eigenvalue weighted by atomic mass is 9.87. The first-order chi connectivity index (χ1) is 6.31. The molecule has 2 nitrogen and oxygen atoms in total. The van der Waals surface area contributed by atoms with Gasteiger partial charge in [0.1, 0.15) is 0 Å². The molecule has 0 bridgehead atoms. The summed E-state index contributed by atoms with van der Waals surface area (Å²) in [5.74, 6) is -0.211. The van der Waals surface area contributed by atoms with E-state index in [0.29, 0.717) is 12.2 Å². The van der Waals surface area contributed by atoms with Gasteiger partial charge in [0.25, 0.3) is 0 Å². The standard InChI is InChI=1S/C11H12O2/c1-2-13-11(12)10-6-4-8-3-5-9(8)7-10/h4,6-7H,2-3,5H2,1H3. The molecule has 0 saturated carbocycles. The second-order valence-corrected chi connectivity index (χ2v) is 3.20. The van der Waals surface area contributed by atoms with Crippen molar-refractivity contribution in [2.24, 2.45) is 0 Å². The number of rotatable bonds is 2. The molecule has 0 aromatic heterocycles. The van der Waals surface area contributed by atoms with E-state index in [1.54, 1.807) is 0 Å². The SMILES string of the molecule is CCOC(=O)c1ccc2c(c1)CC2. The quantitative estimate of drug-likeness (QED) is 0.644. The number of hydrogen-bond acceptors (Lipinski definition) is 2. The van der Waals surface area contributed by atoms with Crippen molar-refractivity contribution in [3.05, 3.63) is 34.9 Å². The van der Waals surface area contributed by atoms with Crippen molar-refractivity contribution in [2.45, 2.75) is 19.8 Å². The lowest BCUT2D eigenvalue weighted by Gasteiger charge is -2.18. The maximum absolute atomic E-state index is 11.3. The molecule has 1 aliphatic rings. The first-order valence-electron chi connectivity index (χ1n) is 4.60. The summed E-state index contributed by atoms with van der Waals surface area (Å²) in [5, 5.41) is 0. The maximum Gasteiger partial charge on any atom is 0.338 e. The first kappa shape index (κ1) is 8.30. The van der Waals surface area contributed by atoms with Crippen LogP contribution in [0.1, 0.15) is 28.4 Å². The highest BCUT2D eigenvalue weighted by molar-refractivity contribution is 5.89. The highest BCUT2D eigenvalue weighted by atomic mass is 16.5. The summed E-state index contributed by atoms with van der Waals surface area (Å²) in [5.41, 5.74) is 3.35. The molecule has 68 valence electrons. The van der Waals surface area contributed by atoms with Crippen molar-refractivity contribution < 1.29 is 9.53 Å². The molecule has 0 saturated heterocycles. The molecule has 2 rings (SSSR count). The number of aryl methyl sites for hydroxylation is 2. The molecule has 0 atom stereocenters. The van der Waals surface area contributed by atoms with Crippen LogP contribution in [-0.4, -0.2) is 12.6 Å². The molecule has 0 amide bonds. The molecule has 0 heterocycles. The van der Waals surface area contributed by atoms with Gasteiger partial charge in [-0.3, -0.25) is 0 Å². The average molecular weight is 176 g/mol. The van der Waals surface area contributed by atoms with Crippen LogP contribution < -0.4 is 0 Å². The topological polar surface area (TPSA) is 26.3 Å². The van der Waals surface area contributed by atoms with Gasteiger partial charge in [0.15, 0.2) is 0 Å². The Morgan fingerprint density at radius 3 is 2.69 bits per heavy atom. The van der Waals surface area contributed by atoms with Crippen LogP contribution in [0.3, 0.4) is 0 Å². The van der Waals surface area contributed by atoms with E-state index < -0.39 is 0 Å². The van der Waals surface area contributed by atoms with E-state index >= 15 is 0 Å². The summed E-state index contributed by atoms with van der Waals surface area (Å²) in [4.78, 5) is 11.3. The zero-order valence-electron chi connectivity index (χ0n) is 7.67. The Hall–Kier alpha value is -1.31. The second kappa shape index (κ2) is 3.21. The fourth-order valence-corrected chi connectivity index (χ4v) is 1.54. The van der Waals surface area contributed by atoms with Gasteiger partial charge < -0.3 is 4.74 Å². The Morgan fingerprint density at radius 2 is 2.15 bits per heavy atom. The summed E-state index contributed by atoms with van der Waals surface area (Å²) in [6.07, 6.45) is 2.25. The molecule has 0 aliphatic heterocycles. The number of hydrogen-bond donors (Lipinski definition) is 0. The van der Waals surface area contributed by atoms with Gasteiger partial charge in [-0.1, -0.05) is 6.07 Å². The Morgan fingerprint density at radius 1 is 1.38 bits per heavy atom. The predicted molar refractivity (Wildman–Crippen MR) is 49.8 cm³/mol. The van der Waals surface area contributed by atoms with E-state index in [-0.39, 0.29) is 5.97 Å². The third-order valence-electron chi connectivity index (χ3n) is 2.38. The fourth-order valence-electron chi connectivity index (χ4n) is 1.54. The number of fused-ring (bicyclic) bond motifs is 1. The Balaban J connectivity index is 2.21. The third-order valence-corrected chi connectivity index (χ3v) is 2.38. The third kappa shape index (κ3) is 1.44. The molecule has 0 radical (unpaired) electrons. The van der Waals surface area contributed by atoms with Crippen LogP contribution in [0, 0.1) is 0 Å². The van der Waals surface area contributed by atoms with Crippen molar-refractivity contribution in [3.63, 3.8) is 0 Å². The molecule has 2 heteroatoms. The second-order valence-electron chi connectivity index (χ2n) is 3.20. The van der Waals surface area contributed by atoms with Crippen LogP contribution in [0.4, 0.5) is 0 Å². The van der Waals surface area contributed by atoms with E-state index in [9.17, 15) is 4.79 Å². The van der Waals surface area contributed by atoms with Gasteiger partial charge >= 0.3 is 5.97 Å². The van der Waals surface area contributed by atoms with E-state index in [1.165, 1.54) is 11.1 Å². The molecule has 0 spiro atoms. The predicted octanol–water partition coefficient (Wildman–Crippen LogP) is 1.96. The minimum absolute atomic E-state index is 0.211. The smallest absolute Gasteiger partial charge is 0.338 e. The van der Waals surface area contributed by atoms with Crippen molar-refractivity contribution in [1.82, 2.24) is 0 Å². The minimum atomic E-state index is -0.211. The Kier molecular flexibility index (Phi) is 2.05. The van der Waals surface area contributed by atoms with E-state index in [0.717, 1.165) is 12.8 Å². The van der Waals surface area contributed by atoms with E-state index in [4.69, 9.17) is 4.74 Å². The van der Waals surface area contributed by atoms with Gasteiger partial charge in [0, 0.05) is 0 Å².